The SMILES string of the molecule is C/C(=N/NC(=O)c1ccccc1O)c1ccc(OC(C)C)cc1. The quantitative estimate of drug-likeness (QED) is 0.657. The van der Waals surface area contributed by atoms with Gasteiger partial charge in [-0.25, -0.2) is 5.43 Å². The highest BCUT2D eigenvalue weighted by molar-refractivity contribution is 6.01. The zero-order valence-electron chi connectivity index (χ0n) is 13.4. The van der Waals surface area contributed by atoms with E-state index in [1.54, 1.807) is 19.1 Å². The Labute approximate surface area is 135 Å². The van der Waals surface area contributed by atoms with E-state index in [4.69, 9.17) is 4.74 Å². The molecular formula is C18H20N2O3. The minimum atomic E-state index is -0.456. The van der Waals surface area contributed by atoms with Gasteiger partial charge in [-0.1, -0.05) is 12.1 Å². The summed E-state index contributed by atoms with van der Waals surface area (Å²) in [7, 11) is 0. The number of phenolic OH excluding ortho intramolecular Hbond substituents is 1. The van der Waals surface area contributed by atoms with Gasteiger partial charge in [-0.05, 0) is 62.7 Å². The Morgan fingerprint density at radius 2 is 1.78 bits per heavy atom. The van der Waals surface area contributed by atoms with Gasteiger partial charge in [0.1, 0.15) is 11.5 Å². The van der Waals surface area contributed by atoms with Crippen LogP contribution in [0.3, 0.4) is 0 Å². The zero-order chi connectivity index (χ0) is 16.8. The Hall–Kier alpha value is -2.82. The van der Waals surface area contributed by atoms with Crippen LogP contribution in [0.25, 0.3) is 0 Å². The summed E-state index contributed by atoms with van der Waals surface area (Å²) in [5, 5.41) is 13.7. The molecule has 0 aromatic heterocycles. The number of hydrogen-bond donors (Lipinski definition) is 2. The number of hydrogen-bond acceptors (Lipinski definition) is 4. The molecule has 0 radical (unpaired) electrons. The first-order valence-electron chi connectivity index (χ1n) is 7.37. The van der Waals surface area contributed by atoms with Crippen molar-refractivity contribution in [3.8, 4) is 11.5 Å². The van der Waals surface area contributed by atoms with E-state index in [1.807, 2.05) is 38.1 Å². The van der Waals surface area contributed by atoms with E-state index in [1.165, 1.54) is 12.1 Å². The molecule has 0 saturated carbocycles. The molecule has 2 aromatic carbocycles. The molecule has 0 spiro atoms. The Morgan fingerprint density at radius 1 is 1.13 bits per heavy atom. The van der Waals surface area contributed by atoms with E-state index in [0.717, 1.165) is 11.3 Å². The second-order valence-corrected chi connectivity index (χ2v) is 5.35. The van der Waals surface area contributed by atoms with Crippen LogP contribution in [0.4, 0.5) is 0 Å². The van der Waals surface area contributed by atoms with E-state index in [9.17, 15) is 9.90 Å². The smallest absolute Gasteiger partial charge is 0.275 e. The fourth-order valence-corrected chi connectivity index (χ4v) is 1.97. The molecule has 2 aromatic rings. The summed E-state index contributed by atoms with van der Waals surface area (Å²) < 4.78 is 5.58. The maximum atomic E-state index is 12.0. The van der Waals surface area contributed by atoms with Crippen LogP contribution >= 0.6 is 0 Å². The molecule has 120 valence electrons. The number of para-hydroxylation sites is 1. The second kappa shape index (κ2) is 7.45. The predicted octanol–water partition coefficient (Wildman–Crippen LogP) is 3.33. The van der Waals surface area contributed by atoms with E-state index < -0.39 is 5.91 Å². The predicted molar refractivity (Wildman–Crippen MR) is 90.0 cm³/mol. The lowest BCUT2D eigenvalue weighted by atomic mass is 10.1. The van der Waals surface area contributed by atoms with Crippen LogP contribution in [0.5, 0.6) is 11.5 Å². The van der Waals surface area contributed by atoms with Crippen molar-refractivity contribution in [2.24, 2.45) is 5.10 Å². The highest BCUT2D eigenvalue weighted by atomic mass is 16.5. The van der Waals surface area contributed by atoms with Gasteiger partial charge < -0.3 is 9.84 Å². The van der Waals surface area contributed by atoms with Crippen LogP contribution in [0.15, 0.2) is 53.6 Å². The van der Waals surface area contributed by atoms with Crippen molar-refractivity contribution in [2.45, 2.75) is 26.9 Å². The van der Waals surface area contributed by atoms with Crippen LogP contribution in [0.1, 0.15) is 36.7 Å². The summed E-state index contributed by atoms with van der Waals surface area (Å²) >= 11 is 0. The number of carbonyl (C=O) groups is 1. The third kappa shape index (κ3) is 4.57. The van der Waals surface area contributed by atoms with Crippen LogP contribution < -0.4 is 10.2 Å². The number of nitrogens with zero attached hydrogens (tertiary/aromatic N) is 1. The van der Waals surface area contributed by atoms with Crippen molar-refractivity contribution in [2.75, 3.05) is 0 Å². The van der Waals surface area contributed by atoms with Gasteiger partial charge >= 0.3 is 0 Å². The molecule has 0 bridgehead atoms. The first-order valence-corrected chi connectivity index (χ1v) is 7.37. The molecule has 5 nitrogen and oxygen atoms in total. The molecule has 0 fully saturated rings. The molecule has 0 atom stereocenters. The van der Waals surface area contributed by atoms with Crippen LogP contribution in [-0.4, -0.2) is 22.8 Å². The Bertz CT molecular complexity index is 706. The third-order valence-electron chi connectivity index (χ3n) is 3.12. The van der Waals surface area contributed by atoms with Gasteiger partial charge in [-0.3, -0.25) is 4.79 Å². The monoisotopic (exact) mass is 312 g/mol. The molecule has 0 saturated heterocycles. The standard InChI is InChI=1S/C18H20N2O3/c1-12(2)23-15-10-8-14(9-11-15)13(3)19-20-18(22)16-6-4-5-7-17(16)21/h4-12,21H,1-3H3,(H,20,22)/b19-13-. The van der Waals surface area contributed by atoms with Crippen molar-refractivity contribution in [3.63, 3.8) is 0 Å². The molecule has 0 aliphatic rings. The van der Waals surface area contributed by atoms with Crippen molar-refractivity contribution < 1.29 is 14.6 Å². The topological polar surface area (TPSA) is 70.9 Å². The summed E-state index contributed by atoms with van der Waals surface area (Å²) in [5.41, 5.74) is 4.16. The first kappa shape index (κ1) is 16.5. The summed E-state index contributed by atoms with van der Waals surface area (Å²) in [6.45, 7) is 5.73. The number of rotatable bonds is 5. The molecular weight excluding hydrogens is 292 g/mol. The Balaban J connectivity index is 2.05. The van der Waals surface area contributed by atoms with Crippen molar-refractivity contribution in [1.29, 1.82) is 0 Å². The summed E-state index contributed by atoms with van der Waals surface area (Å²) in [6, 6.07) is 13.8. The average Bonchev–Trinajstić information content (AvgIpc) is 2.53. The summed E-state index contributed by atoms with van der Waals surface area (Å²) in [6.07, 6.45) is 0.119. The Morgan fingerprint density at radius 3 is 2.39 bits per heavy atom. The van der Waals surface area contributed by atoms with Crippen LogP contribution in [0, 0.1) is 0 Å². The highest BCUT2D eigenvalue weighted by Gasteiger charge is 2.09. The number of benzene rings is 2. The lowest BCUT2D eigenvalue weighted by molar-refractivity contribution is 0.0952. The number of nitrogens with one attached hydrogen (secondary N) is 1. The van der Waals surface area contributed by atoms with Gasteiger partial charge in [0, 0.05) is 0 Å². The normalized spacial score (nSPS) is 11.4. The number of aromatic hydroxyl groups is 1. The molecule has 2 N–H and O–H groups in total. The zero-order valence-corrected chi connectivity index (χ0v) is 13.4. The van der Waals surface area contributed by atoms with Crippen molar-refractivity contribution in [1.82, 2.24) is 5.43 Å². The molecule has 5 heteroatoms. The van der Waals surface area contributed by atoms with Gasteiger partial charge in [0.25, 0.3) is 5.91 Å². The average molecular weight is 312 g/mol. The fourth-order valence-electron chi connectivity index (χ4n) is 1.97. The molecule has 23 heavy (non-hydrogen) atoms. The molecule has 0 aliphatic carbocycles. The van der Waals surface area contributed by atoms with E-state index in [2.05, 4.69) is 10.5 Å². The fraction of sp³-hybridized carbons (Fsp3) is 0.222. The summed E-state index contributed by atoms with van der Waals surface area (Å²) in [4.78, 5) is 12.0. The number of phenols is 1. The minimum Gasteiger partial charge on any atom is -0.507 e. The van der Waals surface area contributed by atoms with E-state index in [-0.39, 0.29) is 17.4 Å². The number of ether oxygens (including phenoxy) is 1. The van der Waals surface area contributed by atoms with Gasteiger partial charge in [0.15, 0.2) is 0 Å². The van der Waals surface area contributed by atoms with Crippen molar-refractivity contribution in [3.05, 3.63) is 59.7 Å². The lowest BCUT2D eigenvalue weighted by Crippen LogP contribution is -2.19. The minimum absolute atomic E-state index is 0.0759. The van der Waals surface area contributed by atoms with Gasteiger partial charge in [-0.15, -0.1) is 0 Å². The Kier molecular flexibility index (Phi) is 5.36. The second-order valence-electron chi connectivity index (χ2n) is 5.35. The largest absolute Gasteiger partial charge is 0.507 e. The molecule has 0 aliphatic heterocycles. The molecule has 2 rings (SSSR count). The van der Waals surface area contributed by atoms with Crippen LogP contribution in [0.2, 0.25) is 0 Å². The third-order valence-corrected chi connectivity index (χ3v) is 3.12. The van der Waals surface area contributed by atoms with Crippen molar-refractivity contribution >= 4 is 11.6 Å². The maximum absolute atomic E-state index is 12.0. The number of carbonyl (C=O) groups excluding carboxylic acids is 1. The first-order chi connectivity index (χ1) is 11.0. The highest BCUT2D eigenvalue weighted by Crippen LogP contribution is 2.16. The molecule has 0 unspecified atom stereocenters. The lowest BCUT2D eigenvalue weighted by Gasteiger charge is -2.10. The molecule has 0 heterocycles. The van der Waals surface area contributed by atoms with E-state index in [0.29, 0.717) is 5.71 Å². The van der Waals surface area contributed by atoms with Gasteiger partial charge in [0.05, 0.1) is 17.4 Å². The van der Waals surface area contributed by atoms with E-state index >= 15 is 0 Å². The van der Waals surface area contributed by atoms with Gasteiger partial charge in [-0.2, -0.15) is 5.10 Å². The number of hydrazone groups is 1. The van der Waals surface area contributed by atoms with Crippen LogP contribution in [-0.2, 0) is 0 Å². The molecule has 1 amide bonds. The maximum Gasteiger partial charge on any atom is 0.275 e. The number of amides is 1. The van der Waals surface area contributed by atoms with Gasteiger partial charge in [0.2, 0.25) is 0 Å². The summed E-state index contributed by atoms with van der Waals surface area (Å²) in [5.74, 6) is 0.255.